The highest BCUT2D eigenvalue weighted by Gasteiger charge is 2.28. The molecule has 0 aromatic heterocycles. The number of nitrogens with two attached hydrogens (primary N) is 1. The molecule has 0 heterocycles. The molecule has 0 saturated carbocycles. The SMILES string of the molecule is CC(C)c1ccccc1OCCOC[C@@H](O)C[NH2+]C(C)(C)CC(C)(C)C. The maximum atomic E-state index is 10.1. The van der Waals surface area contributed by atoms with E-state index in [-0.39, 0.29) is 11.0 Å². The van der Waals surface area contributed by atoms with Crippen molar-refractivity contribution >= 4 is 0 Å². The summed E-state index contributed by atoms with van der Waals surface area (Å²) in [6.45, 7) is 17.5. The molecule has 0 aliphatic rings. The molecule has 0 aliphatic heterocycles. The van der Waals surface area contributed by atoms with Crippen LogP contribution in [0.4, 0.5) is 0 Å². The van der Waals surface area contributed by atoms with E-state index in [9.17, 15) is 5.11 Å². The average Bonchev–Trinajstić information content (AvgIpc) is 2.50. The lowest BCUT2D eigenvalue weighted by molar-refractivity contribution is -0.728. The molecule has 1 rings (SSSR count). The molecule has 3 N–H and O–H groups in total. The van der Waals surface area contributed by atoms with Crippen molar-refractivity contribution in [1.82, 2.24) is 0 Å². The lowest BCUT2D eigenvalue weighted by atomic mass is 9.82. The Balaban J connectivity index is 2.24. The van der Waals surface area contributed by atoms with E-state index < -0.39 is 6.10 Å². The maximum Gasteiger partial charge on any atom is 0.126 e. The molecule has 1 aromatic rings. The lowest BCUT2D eigenvalue weighted by Crippen LogP contribution is -2.97. The summed E-state index contributed by atoms with van der Waals surface area (Å²) in [6, 6.07) is 8.12. The minimum absolute atomic E-state index is 0.114. The molecule has 0 saturated heterocycles. The number of rotatable bonds is 11. The zero-order chi connectivity index (χ0) is 19.8. The Morgan fingerprint density at radius 3 is 2.31 bits per heavy atom. The quantitative estimate of drug-likeness (QED) is 0.591. The van der Waals surface area contributed by atoms with Gasteiger partial charge in [0.15, 0.2) is 0 Å². The van der Waals surface area contributed by atoms with Crippen LogP contribution in [0.2, 0.25) is 0 Å². The zero-order valence-electron chi connectivity index (χ0n) is 17.8. The molecule has 0 unspecified atom stereocenters. The molecule has 4 heteroatoms. The number of para-hydroxylation sites is 1. The van der Waals surface area contributed by atoms with Gasteiger partial charge < -0.3 is 19.9 Å². The van der Waals surface area contributed by atoms with Gasteiger partial charge in [0, 0.05) is 6.42 Å². The van der Waals surface area contributed by atoms with Gasteiger partial charge in [0.1, 0.15) is 25.0 Å². The summed E-state index contributed by atoms with van der Waals surface area (Å²) in [5, 5.41) is 12.4. The summed E-state index contributed by atoms with van der Waals surface area (Å²) in [4.78, 5) is 0. The molecule has 0 bridgehead atoms. The maximum absolute atomic E-state index is 10.1. The highest BCUT2D eigenvalue weighted by atomic mass is 16.5. The van der Waals surface area contributed by atoms with E-state index in [2.05, 4.69) is 59.8 Å². The van der Waals surface area contributed by atoms with Crippen molar-refractivity contribution in [1.29, 1.82) is 0 Å². The second-order valence-electron chi connectivity index (χ2n) is 9.44. The van der Waals surface area contributed by atoms with E-state index in [4.69, 9.17) is 9.47 Å². The summed E-state index contributed by atoms with van der Waals surface area (Å²) in [7, 11) is 0. The number of hydrogen-bond acceptors (Lipinski definition) is 3. The van der Waals surface area contributed by atoms with Crippen LogP contribution in [0, 0.1) is 5.41 Å². The van der Waals surface area contributed by atoms with Crippen molar-refractivity contribution < 1.29 is 19.9 Å². The number of aliphatic hydroxyl groups excluding tert-OH is 1. The van der Waals surface area contributed by atoms with Crippen LogP contribution in [0.1, 0.15) is 66.4 Å². The van der Waals surface area contributed by atoms with Crippen LogP contribution in [-0.4, -0.2) is 43.1 Å². The molecular formula is C22H40NO3+. The zero-order valence-corrected chi connectivity index (χ0v) is 17.8. The van der Waals surface area contributed by atoms with Crippen molar-refractivity contribution in [2.45, 2.75) is 72.4 Å². The second kappa shape index (κ2) is 10.3. The van der Waals surface area contributed by atoms with Crippen LogP contribution in [0.15, 0.2) is 24.3 Å². The Kier molecular flexibility index (Phi) is 9.08. The van der Waals surface area contributed by atoms with E-state index in [1.807, 2.05) is 18.2 Å². The molecule has 150 valence electrons. The Morgan fingerprint density at radius 2 is 1.69 bits per heavy atom. The fourth-order valence-electron chi connectivity index (χ4n) is 3.48. The van der Waals surface area contributed by atoms with Gasteiger partial charge in [0.2, 0.25) is 0 Å². The van der Waals surface area contributed by atoms with Gasteiger partial charge in [0.25, 0.3) is 0 Å². The fraction of sp³-hybridized carbons (Fsp3) is 0.727. The van der Waals surface area contributed by atoms with E-state index in [1.165, 1.54) is 5.56 Å². The molecule has 0 radical (unpaired) electrons. The molecule has 0 aliphatic carbocycles. The number of benzene rings is 1. The van der Waals surface area contributed by atoms with Crippen molar-refractivity contribution in [2.24, 2.45) is 5.41 Å². The molecule has 0 fully saturated rings. The highest BCUT2D eigenvalue weighted by molar-refractivity contribution is 5.35. The standard InChI is InChI=1S/C22H39NO3/c1-17(2)19-10-8-9-11-20(19)26-13-12-25-15-18(24)14-23-22(6,7)16-21(3,4)5/h8-11,17-18,23-24H,12-16H2,1-7H3/p+1/t18-/m0/s1. The fourth-order valence-corrected chi connectivity index (χ4v) is 3.48. The first-order valence-corrected chi connectivity index (χ1v) is 9.82. The molecule has 1 aromatic carbocycles. The second-order valence-corrected chi connectivity index (χ2v) is 9.44. The van der Waals surface area contributed by atoms with E-state index in [1.54, 1.807) is 0 Å². The minimum atomic E-state index is -0.461. The van der Waals surface area contributed by atoms with Crippen LogP contribution >= 0.6 is 0 Å². The van der Waals surface area contributed by atoms with Crippen molar-refractivity contribution in [3.63, 3.8) is 0 Å². The first kappa shape index (κ1) is 22.9. The highest BCUT2D eigenvalue weighted by Crippen LogP contribution is 2.26. The first-order chi connectivity index (χ1) is 12.0. The Labute approximate surface area is 160 Å². The predicted octanol–water partition coefficient (Wildman–Crippen LogP) is 3.34. The molecule has 1 atom stereocenters. The number of aliphatic hydroxyl groups is 1. The van der Waals surface area contributed by atoms with Gasteiger partial charge >= 0.3 is 0 Å². The monoisotopic (exact) mass is 366 g/mol. The van der Waals surface area contributed by atoms with E-state index >= 15 is 0 Å². The number of ether oxygens (including phenoxy) is 2. The van der Waals surface area contributed by atoms with E-state index in [0.717, 1.165) is 12.2 Å². The molecule has 4 nitrogen and oxygen atoms in total. The normalized spacial score (nSPS) is 13.9. The van der Waals surface area contributed by atoms with E-state index in [0.29, 0.717) is 32.3 Å². The third-order valence-corrected chi connectivity index (χ3v) is 4.26. The van der Waals surface area contributed by atoms with Crippen molar-refractivity contribution in [3.8, 4) is 5.75 Å². The molecule has 26 heavy (non-hydrogen) atoms. The van der Waals surface area contributed by atoms with Crippen LogP contribution in [0.25, 0.3) is 0 Å². The topological polar surface area (TPSA) is 55.3 Å². The predicted molar refractivity (Wildman–Crippen MR) is 108 cm³/mol. The van der Waals surface area contributed by atoms with Crippen LogP contribution < -0.4 is 10.1 Å². The van der Waals surface area contributed by atoms with Crippen LogP contribution in [-0.2, 0) is 4.74 Å². The Hall–Kier alpha value is -1.10. The lowest BCUT2D eigenvalue weighted by Gasteiger charge is -2.31. The van der Waals surface area contributed by atoms with Gasteiger partial charge in [-0.15, -0.1) is 0 Å². The van der Waals surface area contributed by atoms with Gasteiger partial charge in [0.05, 0.1) is 18.8 Å². The molecular weight excluding hydrogens is 326 g/mol. The smallest absolute Gasteiger partial charge is 0.126 e. The summed E-state index contributed by atoms with van der Waals surface area (Å²) in [5.41, 5.74) is 1.61. The van der Waals surface area contributed by atoms with Gasteiger partial charge in [-0.3, -0.25) is 0 Å². The molecule has 0 amide bonds. The summed E-state index contributed by atoms with van der Waals surface area (Å²) in [5.74, 6) is 1.35. The minimum Gasteiger partial charge on any atom is -0.491 e. The number of quaternary nitrogens is 1. The Bertz CT molecular complexity index is 520. The third-order valence-electron chi connectivity index (χ3n) is 4.26. The van der Waals surface area contributed by atoms with Crippen molar-refractivity contribution in [2.75, 3.05) is 26.4 Å². The van der Waals surface area contributed by atoms with Crippen molar-refractivity contribution in [3.05, 3.63) is 29.8 Å². The molecule has 0 spiro atoms. The average molecular weight is 367 g/mol. The van der Waals surface area contributed by atoms with Gasteiger partial charge in [-0.2, -0.15) is 0 Å². The van der Waals surface area contributed by atoms with Crippen LogP contribution in [0.5, 0.6) is 5.75 Å². The van der Waals surface area contributed by atoms with Crippen LogP contribution in [0.3, 0.4) is 0 Å². The van der Waals surface area contributed by atoms with Gasteiger partial charge in [-0.1, -0.05) is 52.8 Å². The summed E-state index contributed by atoms with van der Waals surface area (Å²) in [6.07, 6.45) is 0.633. The Morgan fingerprint density at radius 1 is 1.04 bits per heavy atom. The van der Waals surface area contributed by atoms with Gasteiger partial charge in [-0.05, 0) is 36.8 Å². The summed E-state index contributed by atoms with van der Waals surface area (Å²) >= 11 is 0. The number of hydrogen-bond donors (Lipinski definition) is 2. The summed E-state index contributed by atoms with van der Waals surface area (Å²) < 4.78 is 11.4. The van der Waals surface area contributed by atoms with Gasteiger partial charge in [-0.25, -0.2) is 0 Å². The third kappa shape index (κ3) is 9.56. The largest absolute Gasteiger partial charge is 0.491 e. The first-order valence-electron chi connectivity index (χ1n) is 9.82.